The first-order chi connectivity index (χ1) is 10.7. The van der Waals surface area contributed by atoms with Crippen molar-refractivity contribution in [2.45, 2.75) is 4.90 Å². The van der Waals surface area contributed by atoms with Crippen molar-refractivity contribution in [3.63, 3.8) is 0 Å². The van der Waals surface area contributed by atoms with Gasteiger partial charge in [-0.05, 0) is 30.3 Å². The van der Waals surface area contributed by atoms with Gasteiger partial charge in [0.25, 0.3) is 10.0 Å². The first-order valence-corrected chi connectivity index (χ1v) is 7.62. The van der Waals surface area contributed by atoms with Gasteiger partial charge in [-0.2, -0.15) is 0 Å². The number of nitrogens with one attached hydrogen (secondary N) is 1. The van der Waals surface area contributed by atoms with E-state index in [4.69, 9.17) is 9.84 Å². The standard InChI is InChI=1S/C14H11F2NO5S/c1-22-12-5-2-8(14(18)19)6-13(12)23(20,21)17-9-3-4-10(15)11(16)7-9/h2-7,17H,1H3,(H,18,19). The fourth-order valence-electron chi connectivity index (χ4n) is 1.79. The predicted molar refractivity (Wildman–Crippen MR) is 77.1 cm³/mol. The Kier molecular flexibility index (Phi) is 4.50. The minimum atomic E-state index is -4.27. The Morgan fingerprint density at radius 3 is 2.39 bits per heavy atom. The lowest BCUT2D eigenvalue weighted by Gasteiger charge is -2.12. The number of sulfonamides is 1. The number of carboxylic acids is 1. The molecule has 2 aromatic carbocycles. The average Bonchev–Trinajstić information content (AvgIpc) is 2.50. The number of carbonyl (C=O) groups is 1. The molecule has 0 fully saturated rings. The van der Waals surface area contributed by atoms with E-state index in [1.807, 2.05) is 4.72 Å². The molecule has 0 amide bonds. The Morgan fingerprint density at radius 2 is 1.83 bits per heavy atom. The molecule has 6 nitrogen and oxygen atoms in total. The van der Waals surface area contributed by atoms with Crippen molar-refractivity contribution in [3.8, 4) is 5.75 Å². The molecular weight excluding hydrogens is 332 g/mol. The van der Waals surface area contributed by atoms with Crippen LogP contribution in [0.1, 0.15) is 10.4 Å². The smallest absolute Gasteiger partial charge is 0.335 e. The molecule has 0 aliphatic carbocycles. The summed E-state index contributed by atoms with van der Waals surface area (Å²) in [6.45, 7) is 0. The Bertz CT molecular complexity index is 867. The molecule has 0 unspecified atom stereocenters. The number of hydrogen-bond acceptors (Lipinski definition) is 4. The third-order valence-corrected chi connectivity index (χ3v) is 4.27. The van der Waals surface area contributed by atoms with E-state index in [0.29, 0.717) is 6.07 Å². The summed E-state index contributed by atoms with van der Waals surface area (Å²) in [7, 11) is -3.05. The summed E-state index contributed by atoms with van der Waals surface area (Å²) in [6.07, 6.45) is 0. The predicted octanol–water partition coefficient (Wildman–Crippen LogP) is 2.47. The van der Waals surface area contributed by atoms with Gasteiger partial charge in [-0.15, -0.1) is 0 Å². The summed E-state index contributed by atoms with van der Waals surface area (Å²) in [4.78, 5) is 10.5. The Morgan fingerprint density at radius 1 is 1.13 bits per heavy atom. The highest BCUT2D eigenvalue weighted by atomic mass is 32.2. The first kappa shape index (κ1) is 16.7. The summed E-state index contributed by atoms with van der Waals surface area (Å²) < 4.78 is 57.7. The van der Waals surface area contributed by atoms with Gasteiger partial charge >= 0.3 is 5.97 Å². The van der Waals surface area contributed by atoms with Crippen molar-refractivity contribution < 1.29 is 31.8 Å². The maximum Gasteiger partial charge on any atom is 0.335 e. The van der Waals surface area contributed by atoms with Gasteiger partial charge in [-0.25, -0.2) is 22.0 Å². The molecule has 23 heavy (non-hydrogen) atoms. The van der Waals surface area contributed by atoms with Gasteiger partial charge in [0.15, 0.2) is 11.6 Å². The van der Waals surface area contributed by atoms with Crippen LogP contribution in [0.3, 0.4) is 0 Å². The fraction of sp³-hybridized carbons (Fsp3) is 0.0714. The van der Waals surface area contributed by atoms with Gasteiger partial charge in [0.05, 0.1) is 18.4 Å². The number of ether oxygens (including phenoxy) is 1. The van der Waals surface area contributed by atoms with Crippen LogP contribution in [0.25, 0.3) is 0 Å². The van der Waals surface area contributed by atoms with E-state index >= 15 is 0 Å². The number of anilines is 1. The van der Waals surface area contributed by atoms with E-state index in [2.05, 4.69) is 0 Å². The van der Waals surface area contributed by atoms with Crippen LogP contribution in [0.15, 0.2) is 41.3 Å². The molecule has 9 heteroatoms. The van der Waals surface area contributed by atoms with Crippen molar-refractivity contribution in [2.24, 2.45) is 0 Å². The molecule has 0 heterocycles. The molecule has 0 bridgehead atoms. The molecule has 122 valence electrons. The number of halogens is 2. The van der Waals surface area contributed by atoms with Crippen molar-refractivity contribution in [1.29, 1.82) is 0 Å². The maximum absolute atomic E-state index is 13.2. The molecule has 0 aromatic heterocycles. The second-order valence-corrected chi connectivity index (χ2v) is 6.06. The lowest BCUT2D eigenvalue weighted by molar-refractivity contribution is 0.0696. The molecule has 0 aliphatic rings. The third-order valence-electron chi connectivity index (χ3n) is 2.87. The maximum atomic E-state index is 13.2. The minimum Gasteiger partial charge on any atom is -0.495 e. The number of carboxylic acid groups (broad SMARTS) is 1. The van der Waals surface area contributed by atoms with Crippen LogP contribution in [-0.2, 0) is 10.0 Å². The molecular formula is C14H11F2NO5S. The highest BCUT2D eigenvalue weighted by Gasteiger charge is 2.22. The first-order valence-electron chi connectivity index (χ1n) is 6.14. The Labute approximate surface area is 130 Å². The van der Waals surface area contributed by atoms with Gasteiger partial charge < -0.3 is 9.84 Å². The van der Waals surface area contributed by atoms with Crippen LogP contribution < -0.4 is 9.46 Å². The number of aromatic carboxylic acids is 1. The monoisotopic (exact) mass is 343 g/mol. The quantitative estimate of drug-likeness (QED) is 0.870. The lowest BCUT2D eigenvalue weighted by Crippen LogP contribution is -2.15. The van der Waals surface area contributed by atoms with Crippen molar-refractivity contribution in [3.05, 3.63) is 53.6 Å². The largest absolute Gasteiger partial charge is 0.495 e. The second kappa shape index (κ2) is 6.21. The van der Waals surface area contributed by atoms with Gasteiger partial charge in [0.1, 0.15) is 10.6 Å². The molecule has 0 saturated carbocycles. The van der Waals surface area contributed by atoms with E-state index in [1.54, 1.807) is 0 Å². The van der Waals surface area contributed by atoms with Crippen molar-refractivity contribution in [1.82, 2.24) is 0 Å². The molecule has 0 aliphatic heterocycles. The third kappa shape index (κ3) is 3.57. The van der Waals surface area contributed by atoms with Gasteiger partial charge in [0.2, 0.25) is 0 Å². The topological polar surface area (TPSA) is 92.7 Å². The molecule has 2 aromatic rings. The van der Waals surface area contributed by atoms with Crippen LogP contribution in [0, 0.1) is 11.6 Å². The summed E-state index contributed by atoms with van der Waals surface area (Å²) in [5, 5.41) is 8.95. The zero-order valence-corrected chi connectivity index (χ0v) is 12.5. The fourth-order valence-corrected chi connectivity index (χ4v) is 3.04. The van der Waals surface area contributed by atoms with E-state index in [9.17, 15) is 22.0 Å². The van der Waals surface area contributed by atoms with Crippen LogP contribution in [0.2, 0.25) is 0 Å². The van der Waals surface area contributed by atoms with Gasteiger partial charge in [-0.3, -0.25) is 4.72 Å². The normalized spacial score (nSPS) is 11.1. The molecule has 0 spiro atoms. The zero-order valence-electron chi connectivity index (χ0n) is 11.7. The number of hydrogen-bond donors (Lipinski definition) is 2. The average molecular weight is 343 g/mol. The summed E-state index contributed by atoms with van der Waals surface area (Å²) in [5.74, 6) is -3.77. The molecule has 2 rings (SSSR count). The molecule has 0 saturated heterocycles. The van der Waals surface area contributed by atoms with Crippen molar-refractivity contribution in [2.75, 3.05) is 11.8 Å². The second-order valence-electron chi connectivity index (χ2n) is 4.41. The zero-order chi connectivity index (χ0) is 17.2. The highest BCUT2D eigenvalue weighted by molar-refractivity contribution is 7.92. The number of methoxy groups -OCH3 is 1. The van der Waals surface area contributed by atoms with E-state index < -0.39 is 32.5 Å². The Hall–Kier alpha value is -2.68. The van der Waals surface area contributed by atoms with E-state index in [-0.39, 0.29) is 17.0 Å². The Balaban J connectivity index is 2.47. The van der Waals surface area contributed by atoms with Crippen LogP contribution in [0.5, 0.6) is 5.75 Å². The number of benzene rings is 2. The SMILES string of the molecule is COc1ccc(C(=O)O)cc1S(=O)(=O)Nc1ccc(F)c(F)c1. The number of rotatable bonds is 5. The van der Waals surface area contributed by atoms with E-state index in [1.165, 1.54) is 19.2 Å². The van der Waals surface area contributed by atoms with Gasteiger partial charge in [0, 0.05) is 6.07 Å². The minimum absolute atomic E-state index is 0.0925. The highest BCUT2D eigenvalue weighted by Crippen LogP contribution is 2.27. The molecule has 0 atom stereocenters. The van der Waals surface area contributed by atoms with Crippen molar-refractivity contribution >= 4 is 21.7 Å². The van der Waals surface area contributed by atoms with Crippen LogP contribution >= 0.6 is 0 Å². The van der Waals surface area contributed by atoms with Crippen LogP contribution in [0.4, 0.5) is 14.5 Å². The van der Waals surface area contributed by atoms with Crippen LogP contribution in [-0.4, -0.2) is 26.6 Å². The summed E-state index contributed by atoms with van der Waals surface area (Å²) >= 11 is 0. The molecule has 2 N–H and O–H groups in total. The lowest BCUT2D eigenvalue weighted by atomic mass is 10.2. The molecule has 0 radical (unpaired) electrons. The van der Waals surface area contributed by atoms with Gasteiger partial charge in [-0.1, -0.05) is 0 Å². The summed E-state index contributed by atoms with van der Waals surface area (Å²) in [5.41, 5.74) is -0.483. The van der Waals surface area contributed by atoms with E-state index in [0.717, 1.165) is 18.2 Å². The summed E-state index contributed by atoms with van der Waals surface area (Å²) in [6, 6.07) is 5.73.